The zero-order valence-corrected chi connectivity index (χ0v) is 21.9. The van der Waals surface area contributed by atoms with E-state index in [0.717, 1.165) is 44.6 Å². The van der Waals surface area contributed by atoms with E-state index in [1.54, 1.807) is 36.3 Å². The van der Waals surface area contributed by atoms with E-state index in [2.05, 4.69) is 29.2 Å². The lowest BCUT2D eigenvalue weighted by Gasteiger charge is -2.14. The minimum absolute atomic E-state index is 0.126. The minimum atomic E-state index is -0.963. The number of carbonyl (C=O) groups excluding carboxylic acids is 1. The van der Waals surface area contributed by atoms with Crippen molar-refractivity contribution >= 4 is 57.2 Å². The molecule has 5 rings (SSSR count). The van der Waals surface area contributed by atoms with E-state index in [4.69, 9.17) is 22.1 Å². The van der Waals surface area contributed by atoms with Crippen molar-refractivity contribution in [3.63, 3.8) is 0 Å². The summed E-state index contributed by atoms with van der Waals surface area (Å²) in [6.07, 6.45) is 2.44. The van der Waals surface area contributed by atoms with Crippen LogP contribution in [0.1, 0.15) is 27.2 Å². The molecule has 1 aliphatic heterocycles. The molecule has 6 nitrogen and oxygen atoms in total. The van der Waals surface area contributed by atoms with Crippen LogP contribution in [0, 0.1) is 6.92 Å². The molecule has 0 atom stereocenters. The number of H-pyrrole nitrogens is 1. The predicted octanol–water partition coefficient (Wildman–Crippen LogP) is 6.29. The van der Waals surface area contributed by atoms with Crippen molar-refractivity contribution < 1.29 is 19.4 Å². The van der Waals surface area contributed by atoms with Crippen molar-refractivity contribution in [2.75, 3.05) is 13.7 Å². The van der Waals surface area contributed by atoms with Gasteiger partial charge in [0.2, 0.25) is 0 Å². The second kappa shape index (κ2) is 10.2. The van der Waals surface area contributed by atoms with Crippen molar-refractivity contribution in [3.05, 3.63) is 94.0 Å². The van der Waals surface area contributed by atoms with E-state index < -0.39 is 5.97 Å². The number of methoxy groups -OCH3 is 1. The predicted molar refractivity (Wildman–Crippen MR) is 152 cm³/mol. The molecule has 8 heteroatoms. The zero-order valence-electron chi connectivity index (χ0n) is 20.3. The number of aromatic carboxylic acids is 1. The van der Waals surface area contributed by atoms with Crippen LogP contribution in [-0.2, 0) is 11.2 Å². The number of fused-ring (bicyclic) bond motifs is 1. The van der Waals surface area contributed by atoms with Crippen molar-refractivity contribution in [3.8, 4) is 16.9 Å². The molecule has 3 aromatic carbocycles. The molecular weight excluding hydrogens is 504 g/mol. The normalized spacial score (nSPS) is 14.6. The minimum Gasteiger partial charge on any atom is -0.496 e. The fourth-order valence-corrected chi connectivity index (χ4v) is 5.69. The van der Waals surface area contributed by atoms with Crippen molar-refractivity contribution in [1.82, 2.24) is 9.88 Å². The summed E-state index contributed by atoms with van der Waals surface area (Å²) in [5.41, 5.74) is 6.21. The fraction of sp³-hybridized carbons (Fsp3) is 0.138. The largest absolute Gasteiger partial charge is 0.496 e. The number of nitrogens with one attached hydrogen (secondary N) is 1. The van der Waals surface area contributed by atoms with Gasteiger partial charge in [0.1, 0.15) is 10.1 Å². The topological polar surface area (TPSA) is 82.6 Å². The summed E-state index contributed by atoms with van der Waals surface area (Å²) in [6, 6.07) is 20.9. The van der Waals surface area contributed by atoms with Crippen LogP contribution < -0.4 is 4.74 Å². The number of hydrogen-bond donors (Lipinski definition) is 2. The number of ether oxygens (including phenoxy) is 1. The second-order valence-corrected chi connectivity index (χ2v) is 10.5. The van der Waals surface area contributed by atoms with E-state index >= 15 is 0 Å². The van der Waals surface area contributed by atoms with Gasteiger partial charge in [-0.15, -0.1) is 0 Å². The number of nitrogens with zero attached hydrogens (tertiary/aromatic N) is 1. The first kappa shape index (κ1) is 24.8. The molecule has 0 radical (unpaired) electrons. The number of aromatic amines is 1. The summed E-state index contributed by atoms with van der Waals surface area (Å²) in [5, 5.41) is 10.2. The lowest BCUT2D eigenvalue weighted by molar-refractivity contribution is -0.122. The smallest absolute Gasteiger partial charge is 0.335 e. The Morgan fingerprint density at radius 3 is 2.62 bits per heavy atom. The first-order valence-electron chi connectivity index (χ1n) is 11.7. The number of aromatic nitrogens is 1. The lowest BCUT2D eigenvalue weighted by atomic mass is 10.00. The molecule has 0 saturated carbocycles. The van der Waals surface area contributed by atoms with Gasteiger partial charge >= 0.3 is 5.97 Å². The number of thioether (sulfide) groups is 1. The van der Waals surface area contributed by atoms with Gasteiger partial charge in [0.25, 0.3) is 5.91 Å². The number of carboxylic acids is 1. The Hall–Kier alpha value is -3.88. The lowest BCUT2D eigenvalue weighted by Crippen LogP contribution is -2.30. The summed E-state index contributed by atoms with van der Waals surface area (Å²) in [6.45, 7) is 2.46. The quantitative estimate of drug-likeness (QED) is 0.217. The Bertz CT molecular complexity index is 1570. The number of carboxylic acid groups (broad SMARTS) is 1. The molecule has 0 unspecified atom stereocenters. The van der Waals surface area contributed by atoms with Gasteiger partial charge in [-0.05, 0) is 78.6 Å². The molecule has 1 aliphatic rings. The molecule has 2 heterocycles. The monoisotopic (exact) mass is 528 g/mol. The number of thiocarbonyl (C=S) groups is 1. The van der Waals surface area contributed by atoms with E-state index in [0.29, 0.717) is 22.2 Å². The van der Waals surface area contributed by atoms with Crippen LogP contribution in [0.2, 0.25) is 0 Å². The van der Waals surface area contributed by atoms with Crippen molar-refractivity contribution in [2.45, 2.75) is 13.3 Å². The highest BCUT2D eigenvalue weighted by molar-refractivity contribution is 8.26. The fourth-order valence-electron chi connectivity index (χ4n) is 4.39. The van der Waals surface area contributed by atoms with Crippen LogP contribution in [0.3, 0.4) is 0 Å². The number of aryl methyl sites for hydroxylation is 1. The highest BCUT2D eigenvalue weighted by atomic mass is 32.2. The Morgan fingerprint density at radius 1 is 1.11 bits per heavy atom. The molecule has 0 spiro atoms. The van der Waals surface area contributed by atoms with E-state index in [1.165, 1.54) is 11.8 Å². The van der Waals surface area contributed by atoms with E-state index in [-0.39, 0.29) is 11.5 Å². The Labute approximate surface area is 223 Å². The summed E-state index contributed by atoms with van der Waals surface area (Å²) in [7, 11) is 1.65. The van der Waals surface area contributed by atoms with Gasteiger partial charge in [-0.3, -0.25) is 9.69 Å². The number of benzene rings is 3. The number of amides is 1. The maximum Gasteiger partial charge on any atom is 0.335 e. The Kier molecular flexibility index (Phi) is 6.86. The third-order valence-corrected chi connectivity index (χ3v) is 7.66. The van der Waals surface area contributed by atoms with E-state index in [1.807, 2.05) is 31.2 Å². The van der Waals surface area contributed by atoms with Crippen LogP contribution in [0.4, 0.5) is 0 Å². The van der Waals surface area contributed by atoms with E-state index in [9.17, 15) is 9.59 Å². The van der Waals surface area contributed by atoms with Crippen LogP contribution in [-0.4, -0.2) is 44.8 Å². The molecule has 0 aliphatic carbocycles. The molecule has 186 valence electrons. The summed E-state index contributed by atoms with van der Waals surface area (Å²) in [4.78, 5) is 29.7. The van der Waals surface area contributed by atoms with Gasteiger partial charge in [0.15, 0.2) is 0 Å². The van der Waals surface area contributed by atoms with Gasteiger partial charge in [0.05, 0.1) is 17.6 Å². The van der Waals surface area contributed by atoms with Crippen molar-refractivity contribution in [1.29, 1.82) is 0 Å². The molecule has 1 aromatic heterocycles. The number of rotatable bonds is 7. The van der Waals surface area contributed by atoms with Gasteiger partial charge in [-0.1, -0.05) is 48.2 Å². The third-order valence-electron chi connectivity index (χ3n) is 6.29. The van der Waals surface area contributed by atoms with Crippen LogP contribution >= 0.6 is 24.0 Å². The molecule has 1 saturated heterocycles. The van der Waals surface area contributed by atoms with Gasteiger partial charge in [-0.25, -0.2) is 4.79 Å². The molecular formula is C29H24N2O4S2. The summed E-state index contributed by atoms with van der Waals surface area (Å²) in [5.74, 6) is -0.334. The highest BCUT2D eigenvalue weighted by Gasteiger charge is 2.31. The first-order chi connectivity index (χ1) is 17.8. The Morgan fingerprint density at radius 2 is 1.89 bits per heavy atom. The third kappa shape index (κ3) is 5.16. The molecule has 1 fully saturated rings. The maximum atomic E-state index is 13.2. The SMILES string of the molecule is COc1ccc(/C=C2\SC(=S)N(CCc3ccc(C(=O)O)cc3)C2=O)cc1-c1ccc2[nH]c(C)cc2c1. The zero-order chi connectivity index (χ0) is 26.1. The second-order valence-electron chi connectivity index (χ2n) is 8.80. The molecule has 4 aromatic rings. The standard InChI is InChI=1S/C29H24N2O4S2/c1-17-13-22-16-21(8-9-24(22)30-17)23-14-19(5-10-25(23)35-2)15-26-27(32)31(29(36)37-26)12-11-18-3-6-20(7-4-18)28(33)34/h3-10,13-16,30H,11-12H2,1-2H3,(H,33,34)/b26-15-. The highest BCUT2D eigenvalue weighted by Crippen LogP contribution is 2.36. The molecule has 37 heavy (non-hydrogen) atoms. The van der Waals surface area contributed by atoms with Crippen LogP contribution in [0.25, 0.3) is 28.1 Å². The van der Waals surface area contributed by atoms with Crippen LogP contribution in [0.15, 0.2) is 71.6 Å². The molecule has 0 bridgehead atoms. The van der Waals surface area contributed by atoms with Gasteiger partial charge < -0.3 is 14.8 Å². The maximum absolute atomic E-state index is 13.2. The Balaban J connectivity index is 1.36. The molecule has 2 N–H and O–H groups in total. The first-order valence-corrected chi connectivity index (χ1v) is 12.9. The van der Waals surface area contributed by atoms with Crippen LogP contribution in [0.5, 0.6) is 5.75 Å². The van der Waals surface area contributed by atoms with Gasteiger partial charge in [-0.2, -0.15) is 0 Å². The average molecular weight is 529 g/mol. The summed E-state index contributed by atoms with van der Waals surface area (Å²) < 4.78 is 6.14. The summed E-state index contributed by atoms with van der Waals surface area (Å²) >= 11 is 6.79. The van der Waals surface area contributed by atoms with Crippen molar-refractivity contribution in [2.24, 2.45) is 0 Å². The number of carbonyl (C=O) groups is 2. The molecule has 1 amide bonds. The average Bonchev–Trinajstić information content (AvgIpc) is 3.39. The van der Waals surface area contributed by atoms with Gasteiger partial charge in [0, 0.05) is 28.7 Å². The number of hydrogen-bond acceptors (Lipinski definition) is 5.